The fraction of sp³-hybridized carbons (Fsp3) is 0.917. The first-order valence-corrected chi connectivity index (χ1v) is 6.52. The molecule has 0 saturated carbocycles. The second-order valence-electron chi connectivity index (χ2n) is 4.86. The number of morpholine rings is 1. The van der Waals surface area contributed by atoms with E-state index >= 15 is 0 Å². The second kappa shape index (κ2) is 6.33. The average Bonchev–Trinajstić information content (AvgIpc) is 2.39. The van der Waals surface area contributed by atoms with Gasteiger partial charge in [0.05, 0.1) is 12.7 Å². The first-order valence-electron chi connectivity index (χ1n) is 6.52. The number of carbonyl (C=O) groups is 1. The van der Waals surface area contributed by atoms with E-state index in [4.69, 9.17) is 9.84 Å². The molecule has 5 nitrogen and oxygen atoms in total. The Bertz CT molecular complexity index is 254. The largest absolute Gasteiger partial charge is 0.394 e. The maximum Gasteiger partial charge on any atom is 0.248 e. The lowest BCUT2D eigenvalue weighted by atomic mass is 10.1. The maximum absolute atomic E-state index is 11.6. The first-order chi connectivity index (χ1) is 8.29. The number of aliphatic hydroxyl groups is 1. The molecule has 0 aliphatic carbocycles. The van der Waals surface area contributed by atoms with Crippen LogP contribution in [0.15, 0.2) is 0 Å². The zero-order valence-electron chi connectivity index (χ0n) is 10.3. The third-order valence-corrected chi connectivity index (χ3v) is 3.56. The summed E-state index contributed by atoms with van der Waals surface area (Å²) in [5.74, 6) is 0.0479. The monoisotopic (exact) mass is 242 g/mol. The summed E-state index contributed by atoms with van der Waals surface area (Å²) < 4.78 is 5.21. The van der Waals surface area contributed by atoms with E-state index in [9.17, 15) is 4.79 Å². The summed E-state index contributed by atoms with van der Waals surface area (Å²) in [5.41, 5.74) is 0. The van der Waals surface area contributed by atoms with Crippen LogP contribution in [0.5, 0.6) is 0 Å². The summed E-state index contributed by atoms with van der Waals surface area (Å²) in [6.07, 6.45) is 3.68. The van der Waals surface area contributed by atoms with Crippen LogP contribution in [0, 0.1) is 0 Å². The van der Waals surface area contributed by atoms with Gasteiger partial charge in [0.15, 0.2) is 0 Å². The Labute approximate surface area is 102 Å². The molecule has 0 aromatic heterocycles. The van der Waals surface area contributed by atoms with E-state index in [0.29, 0.717) is 6.54 Å². The van der Waals surface area contributed by atoms with Crippen LogP contribution < -0.4 is 0 Å². The van der Waals surface area contributed by atoms with Crippen LogP contribution in [0.3, 0.4) is 0 Å². The Balaban J connectivity index is 1.74. The molecule has 0 aromatic rings. The van der Waals surface area contributed by atoms with E-state index in [1.54, 1.807) is 0 Å². The van der Waals surface area contributed by atoms with Crippen molar-refractivity contribution in [1.29, 1.82) is 0 Å². The van der Waals surface area contributed by atoms with Gasteiger partial charge in [-0.2, -0.15) is 0 Å². The molecule has 2 rings (SSSR count). The lowest BCUT2D eigenvalue weighted by molar-refractivity contribution is -0.151. The number of nitrogens with zero attached hydrogens (tertiary/aromatic N) is 2. The number of amides is 1. The van der Waals surface area contributed by atoms with Gasteiger partial charge >= 0.3 is 0 Å². The van der Waals surface area contributed by atoms with Gasteiger partial charge in [-0.15, -0.1) is 0 Å². The number of rotatable bonds is 4. The SMILES string of the molecule is O=C1COC(CO)CN1CCN1CCCCC1. The van der Waals surface area contributed by atoms with E-state index in [0.717, 1.165) is 26.2 Å². The number of aliphatic hydroxyl groups excluding tert-OH is 1. The predicted octanol–water partition coefficient (Wildman–Crippen LogP) is -0.308. The van der Waals surface area contributed by atoms with Crippen LogP contribution in [0.4, 0.5) is 0 Å². The van der Waals surface area contributed by atoms with E-state index in [1.807, 2.05) is 4.90 Å². The smallest absolute Gasteiger partial charge is 0.248 e. The van der Waals surface area contributed by atoms with Crippen LogP contribution in [0.1, 0.15) is 19.3 Å². The number of hydrogen-bond acceptors (Lipinski definition) is 4. The lowest BCUT2D eigenvalue weighted by Gasteiger charge is -2.34. The zero-order valence-corrected chi connectivity index (χ0v) is 10.3. The minimum absolute atomic E-state index is 0.00645. The van der Waals surface area contributed by atoms with Crippen LogP contribution in [-0.2, 0) is 9.53 Å². The van der Waals surface area contributed by atoms with Crippen molar-refractivity contribution >= 4 is 5.91 Å². The molecule has 1 N–H and O–H groups in total. The Hall–Kier alpha value is -0.650. The van der Waals surface area contributed by atoms with Crippen molar-refractivity contribution in [2.24, 2.45) is 0 Å². The molecule has 0 bridgehead atoms. The zero-order chi connectivity index (χ0) is 12.1. The molecule has 17 heavy (non-hydrogen) atoms. The highest BCUT2D eigenvalue weighted by atomic mass is 16.5. The van der Waals surface area contributed by atoms with E-state index in [2.05, 4.69) is 4.90 Å². The molecular formula is C12H22N2O3. The number of likely N-dealkylation sites (tertiary alicyclic amines) is 1. The van der Waals surface area contributed by atoms with Crippen LogP contribution in [-0.4, -0.2) is 72.9 Å². The highest BCUT2D eigenvalue weighted by Gasteiger charge is 2.25. The van der Waals surface area contributed by atoms with Gasteiger partial charge in [-0.25, -0.2) is 0 Å². The normalized spacial score (nSPS) is 27.5. The van der Waals surface area contributed by atoms with E-state index in [1.165, 1.54) is 19.3 Å². The Morgan fingerprint density at radius 2 is 2.00 bits per heavy atom. The first kappa shape index (κ1) is 12.8. The van der Waals surface area contributed by atoms with Crippen LogP contribution >= 0.6 is 0 Å². The number of ether oxygens (including phenoxy) is 1. The number of carbonyl (C=O) groups excluding carboxylic acids is 1. The minimum atomic E-state index is -0.200. The molecule has 5 heteroatoms. The molecule has 1 unspecified atom stereocenters. The lowest BCUT2D eigenvalue weighted by Crippen LogP contribution is -2.50. The van der Waals surface area contributed by atoms with Crippen LogP contribution in [0.25, 0.3) is 0 Å². The van der Waals surface area contributed by atoms with Crippen molar-refractivity contribution in [2.75, 3.05) is 45.9 Å². The Kier molecular flexibility index (Phi) is 4.76. The van der Waals surface area contributed by atoms with Crippen LogP contribution in [0.2, 0.25) is 0 Å². The van der Waals surface area contributed by atoms with Gasteiger partial charge < -0.3 is 19.6 Å². The molecular weight excluding hydrogens is 220 g/mol. The molecule has 2 heterocycles. The molecule has 0 aromatic carbocycles. The highest BCUT2D eigenvalue weighted by molar-refractivity contribution is 5.78. The van der Waals surface area contributed by atoms with Crippen molar-refractivity contribution < 1.29 is 14.6 Å². The average molecular weight is 242 g/mol. The third kappa shape index (κ3) is 3.66. The molecule has 2 aliphatic rings. The van der Waals surface area contributed by atoms with E-state index in [-0.39, 0.29) is 25.2 Å². The fourth-order valence-electron chi connectivity index (χ4n) is 2.45. The highest BCUT2D eigenvalue weighted by Crippen LogP contribution is 2.10. The number of piperidine rings is 1. The van der Waals surface area contributed by atoms with Gasteiger partial charge in [0, 0.05) is 19.6 Å². The molecule has 2 fully saturated rings. The summed E-state index contributed by atoms with van der Waals surface area (Å²) in [6.45, 7) is 4.66. The molecule has 0 spiro atoms. The summed E-state index contributed by atoms with van der Waals surface area (Å²) in [5, 5.41) is 9.04. The van der Waals surface area contributed by atoms with Gasteiger partial charge in [-0.3, -0.25) is 4.79 Å². The number of hydrogen-bond donors (Lipinski definition) is 1. The predicted molar refractivity (Wildman–Crippen MR) is 63.7 cm³/mol. The van der Waals surface area contributed by atoms with Crippen molar-refractivity contribution in [3.8, 4) is 0 Å². The molecule has 2 saturated heterocycles. The Morgan fingerprint density at radius 1 is 1.24 bits per heavy atom. The topological polar surface area (TPSA) is 53.0 Å². The molecule has 98 valence electrons. The quantitative estimate of drug-likeness (QED) is 0.735. The minimum Gasteiger partial charge on any atom is -0.394 e. The van der Waals surface area contributed by atoms with Gasteiger partial charge in [-0.05, 0) is 25.9 Å². The summed E-state index contributed by atoms with van der Waals surface area (Å²) in [4.78, 5) is 15.9. The van der Waals surface area contributed by atoms with Gasteiger partial charge in [0.25, 0.3) is 0 Å². The van der Waals surface area contributed by atoms with E-state index < -0.39 is 0 Å². The van der Waals surface area contributed by atoms with Crippen molar-refractivity contribution in [2.45, 2.75) is 25.4 Å². The molecule has 2 aliphatic heterocycles. The molecule has 1 atom stereocenters. The van der Waals surface area contributed by atoms with Crippen molar-refractivity contribution in [3.05, 3.63) is 0 Å². The Morgan fingerprint density at radius 3 is 2.71 bits per heavy atom. The summed E-state index contributed by atoms with van der Waals surface area (Å²) in [6, 6.07) is 0. The van der Waals surface area contributed by atoms with Gasteiger partial charge in [0.1, 0.15) is 6.61 Å². The summed E-state index contributed by atoms with van der Waals surface area (Å²) in [7, 11) is 0. The molecule has 0 radical (unpaired) electrons. The third-order valence-electron chi connectivity index (χ3n) is 3.56. The standard InChI is InChI=1S/C12H22N2O3/c15-9-11-8-14(12(16)10-17-11)7-6-13-4-2-1-3-5-13/h11,15H,1-10H2. The second-order valence-corrected chi connectivity index (χ2v) is 4.86. The van der Waals surface area contributed by atoms with Crippen molar-refractivity contribution in [3.63, 3.8) is 0 Å². The maximum atomic E-state index is 11.6. The molecule has 1 amide bonds. The van der Waals surface area contributed by atoms with Crippen molar-refractivity contribution in [1.82, 2.24) is 9.80 Å². The fourth-order valence-corrected chi connectivity index (χ4v) is 2.45. The summed E-state index contributed by atoms with van der Waals surface area (Å²) >= 11 is 0. The van der Waals surface area contributed by atoms with Gasteiger partial charge in [-0.1, -0.05) is 6.42 Å². The van der Waals surface area contributed by atoms with Gasteiger partial charge in [0.2, 0.25) is 5.91 Å².